The fourth-order valence-electron chi connectivity index (χ4n) is 2.26. The molecule has 0 saturated heterocycles. The first-order valence-corrected chi connectivity index (χ1v) is 8.03. The summed E-state index contributed by atoms with van der Waals surface area (Å²) in [5.41, 5.74) is 1.82. The first-order valence-electron chi connectivity index (χ1n) is 7.21. The van der Waals surface area contributed by atoms with Gasteiger partial charge in [-0.15, -0.1) is 11.3 Å². The van der Waals surface area contributed by atoms with E-state index in [4.69, 9.17) is 4.74 Å². The topological polar surface area (TPSA) is 55.1 Å². The molecule has 1 heterocycles. The summed E-state index contributed by atoms with van der Waals surface area (Å²) in [7, 11) is 1.36. The van der Waals surface area contributed by atoms with E-state index in [2.05, 4.69) is 15.8 Å². The highest BCUT2D eigenvalue weighted by Crippen LogP contribution is 2.32. The third-order valence-corrected chi connectivity index (χ3v) is 4.43. The van der Waals surface area contributed by atoms with Gasteiger partial charge in [0.1, 0.15) is 11.1 Å². The second-order valence-corrected chi connectivity index (χ2v) is 5.98. The molecule has 0 N–H and O–H groups in total. The minimum atomic E-state index is -2.94. The number of hydrogen-bond donors (Lipinski definition) is 0. The number of ether oxygens (including phenoxy) is 2. The molecule has 0 atom stereocenters. The van der Waals surface area contributed by atoms with Crippen molar-refractivity contribution in [3.8, 4) is 17.6 Å². The van der Waals surface area contributed by atoms with Gasteiger partial charge in [-0.2, -0.15) is 14.0 Å². The summed E-state index contributed by atoms with van der Waals surface area (Å²) < 4.78 is 35.2. The van der Waals surface area contributed by atoms with Gasteiger partial charge in [0, 0.05) is 0 Å². The van der Waals surface area contributed by atoms with Crippen molar-refractivity contribution in [2.75, 3.05) is 7.11 Å². The molecule has 0 unspecified atom stereocenters. The van der Waals surface area contributed by atoms with Gasteiger partial charge >= 0.3 is 6.61 Å². The van der Waals surface area contributed by atoms with E-state index in [0.717, 1.165) is 10.2 Å². The molecule has 0 aliphatic heterocycles. The summed E-state index contributed by atoms with van der Waals surface area (Å²) in [4.78, 5) is 4.45. The summed E-state index contributed by atoms with van der Waals surface area (Å²) in [5.74, 6) is 0.101. The van der Waals surface area contributed by atoms with Crippen LogP contribution in [0.25, 0.3) is 21.9 Å². The molecule has 3 rings (SSSR count). The number of benzene rings is 2. The van der Waals surface area contributed by atoms with Gasteiger partial charge in [-0.05, 0) is 35.9 Å². The zero-order chi connectivity index (χ0) is 17.8. The van der Waals surface area contributed by atoms with Crippen molar-refractivity contribution < 1.29 is 18.3 Å². The van der Waals surface area contributed by atoms with E-state index in [0.29, 0.717) is 16.1 Å². The van der Waals surface area contributed by atoms with Crippen LogP contribution in [0.1, 0.15) is 10.6 Å². The van der Waals surface area contributed by atoms with Crippen LogP contribution in [0.2, 0.25) is 0 Å². The van der Waals surface area contributed by atoms with Gasteiger partial charge in [0.2, 0.25) is 0 Å². The van der Waals surface area contributed by atoms with E-state index >= 15 is 0 Å². The smallest absolute Gasteiger partial charge is 0.387 e. The highest BCUT2D eigenvalue weighted by atomic mass is 32.1. The lowest BCUT2D eigenvalue weighted by molar-refractivity contribution is -0.0512. The van der Waals surface area contributed by atoms with Gasteiger partial charge < -0.3 is 9.47 Å². The summed E-state index contributed by atoms with van der Waals surface area (Å²) in [6.07, 6.45) is 1.63. The molecule has 7 heteroatoms. The Labute approximate surface area is 146 Å². The highest BCUT2D eigenvalue weighted by Gasteiger charge is 2.12. The number of fused-ring (bicyclic) bond motifs is 1. The van der Waals surface area contributed by atoms with Crippen molar-refractivity contribution in [3.63, 3.8) is 0 Å². The summed E-state index contributed by atoms with van der Waals surface area (Å²) in [5, 5.41) is 10.1. The van der Waals surface area contributed by atoms with Crippen molar-refractivity contribution >= 4 is 33.2 Å². The van der Waals surface area contributed by atoms with Gasteiger partial charge in [-0.3, -0.25) is 0 Å². The van der Waals surface area contributed by atoms with Gasteiger partial charge in [-0.1, -0.05) is 18.2 Å². The maximum absolute atomic E-state index is 12.4. The number of thiazole rings is 1. The molecule has 3 aromatic rings. The lowest BCUT2D eigenvalue weighted by Gasteiger charge is -2.10. The Morgan fingerprint density at radius 3 is 2.72 bits per heavy atom. The number of aromatic nitrogens is 1. The van der Waals surface area contributed by atoms with E-state index in [1.807, 2.05) is 24.3 Å². The Bertz CT molecular complexity index is 944. The van der Waals surface area contributed by atoms with Crippen LogP contribution >= 0.6 is 11.3 Å². The normalized spacial score (nSPS) is 11.6. The van der Waals surface area contributed by atoms with E-state index in [9.17, 15) is 14.0 Å². The van der Waals surface area contributed by atoms with Crippen LogP contribution in [0.5, 0.6) is 11.5 Å². The molecule has 0 fully saturated rings. The quantitative estimate of drug-likeness (QED) is 0.604. The van der Waals surface area contributed by atoms with Gasteiger partial charge in [-0.25, -0.2) is 4.98 Å². The van der Waals surface area contributed by atoms with E-state index in [-0.39, 0.29) is 11.5 Å². The maximum Gasteiger partial charge on any atom is 0.387 e. The number of hydrogen-bond acceptors (Lipinski definition) is 5. The summed E-state index contributed by atoms with van der Waals surface area (Å²) in [6.45, 7) is -2.94. The first-order chi connectivity index (χ1) is 12.1. The fourth-order valence-corrected chi connectivity index (χ4v) is 3.19. The molecule has 0 saturated carbocycles. The van der Waals surface area contributed by atoms with Crippen molar-refractivity contribution in [3.05, 3.63) is 53.0 Å². The average molecular weight is 358 g/mol. The molecule has 0 bridgehead atoms. The third kappa shape index (κ3) is 3.75. The first kappa shape index (κ1) is 16.9. The molecule has 0 spiro atoms. The number of nitriles is 1. The standard InChI is InChI=1S/C18H12F2N2O2S/c1-23-15-9-11(6-7-14(15)24-18(19)20)8-12(10-21)17-22-13-4-2-3-5-16(13)25-17/h2-9,18H,1H3/b12-8+. The number of nitrogens with zero attached hydrogens (tertiary/aromatic N) is 2. The second-order valence-electron chi connectivity index (χ2n) is 4.95. The zero-order valence-electron chi connectivity index (χ0n) is 13.1. The molecule has 4 nitrogen and oxygen atoms in total. The average Bonchev–Trinajstić information content (AvgIpc) is 3.04. The molecule has 25 heavy (non-hydrogen) atoms. The Morgan fingerprint density at radius 2 is 2.04 bits per heavy atom. The molecule has 1 aromatic heterocycles. The van der Waals surface area contributed by atoms with Crippen LogP contribution in [0.3, 0.4) is 0 Å². The van der Waals surface area contributed by atoms with Crippen molar-refractivity contribution in [2.45, 2.75) is 6.61 Å². The van der Waals surface area contributed by atoms with E-state index in [1.54, 1.807) is 12.1 Å². The minimum absolute atomic E-state index is 0.0619. The Balaban J connectivity index is 1.98. The molecule has 2 aromatic carbocycles. The highest BCUT2D eigenvalue weighted by molar-refractivity contribution is 7.19. The predicted octanol–water partition coefficient (Wildman–Crippen LogP) is 4.97. The largest absolute Gasteiger partial charge is 0.493 e. The molecule has 0 aliphatic rings. The number of halogens is 2. The van der Waals surface area contributed by atoms with Crippen molar-refractivity contribution in [2.24, 2.45) is 0 Å². The number of para-hydroxylation sites is 1. The lowest BCUT2D eigenvalue weighted by Crippen LogP contribution is -2.03. The van der Waals surface area contributed by atoms with E-state index in [1.165, 1.54) is 30.6 Å². The van der Waals surface area contributed by atoms with Gasteiger partial charge in [0.25, 0.3) is 0 Å². The lowest BCUT2D eigenvalue weighted by atomic mass is 10.1. The Kier molecular flexibility index (Phi) is 4.91. The summed E-state index contributed by atoms with van der Waals surface area (Å²) >= 11 is 1.41. The Hall–Kier alpha value is -2.98. The minimum Gasteiger partial charge on any atom is -0.493 e. The number of rotatable bonds is 5. The third-order valence-electron chi connectivity index (χ3n) is 3.36. The van der Waals surface area contributed by atoms with Crippen LogP contribution in [0.15, 0.2) is 42.5 Å². The van der Waals surface area contributed by atoms with Crippen molar-refractivity contribution in [1.29, 1.82) is 5.26 Å². The molecule has 0 aliphatic carbocycles. The van der Waals surface area contributed by atoms with Crippen molar-refractivity contribution in [1.82, 2.24) is 4.98 Å². The van der Waals surface area contributed by atoms with E-state index < -0.39 is 6.61 Å². The van der Waals surface area contributed by atoms with Gasteiger partial charge in [0.15, 0.2) is 11.5 Å². The number of allylic oxidation sites excluding steroid dienone is 1. The second kappa shape index (κ2) is 7.28. The Morgan fingerprint density at radius 1 is 1.24 bits per heavy atom. The molecular formula is C18H12F2N2O2S. The zero-order valence-corrected chi connectivity index (χ0v) is 13.9. The van der Waals surface area contributed by atoms with Crippen LogP contribution < -0.4 is 9.47 Å². The molecule has 0 amide bonds. The van der Waals surface area contributed by atoms with Crippen LogP contribution in [0.4, 0.5) is 8.78 Å². The molecule has 0 radical (unpaired) electrons. The van der Waals surface area contributed by atoms with Crippen LogP contribution in [0, 0.1) is 11.3 Å². The fraction of sp³-hybridized carbons (Fsp3) is 0.111. The SMILES string of the molecule is COc1cc(/C=C(\C#N)c2nc3ccccc3s2)ccc1OC(F)F. The molecular weight excluding hydrogens is 346 g/mol. The number of alkyl halides is 2. The van der Waals surface area contributed by atoms with Crippen LogP contribution in [-0.4, -0.2) is 18.7 Å². The van der Waals surface area contributed by atoms with Gasteiger partial charge in [0.05, 0.1) is 22.9 Å². The summed E-state index contributed by atoms with van der Waals surface area (Å²) in [6, 6.07) is 14.2. The monoisotopic (exact) mass is 358 g/mol. The maximum atomic E-state index is 12.4. The number of methoxy groups -OCH3 is 1. The predicted molar refractivity (Wildman–Crippen MR) is 92.7 cm³/mol. The van der Waals surface area contributed by atoms with Crippen LogP contribution in [-0.2, 0) is 0 Å². The molecule has 126 valence electrons.